The zero-order valence-corrected chi connectivity index (χ0v) is 14.2. The molecule has 0 heterocycles. The number of rotatable bonds is 7. The van der Waals surface area contributed by atoms with Crippen molar-refractivity contribution in [2.24, 2.45) is 11.8 Å². The lowest BCUT2D eigenvalue weighted by Crippen LogP contribution is -2.24. The van der Waals surface area contributed by atoms with Gasteiger partial charge in [-0.25, -0.2) is 0 Å². The van der Waals surface area contributed by atoms with Gasteiger partial charge in [0, 0.05) is 18.3 Å². The van der Waals surface area contributed by atoms with Crippen molar-refractivity contribution in [2.75, 3.05) is 6.61 Å². The van der Waals surface area contributed by atoms with E-state index in [4.69, 9.17) is 9.84 Å². The molecule has 4 N–H and O–H groups in total. The Bertz CT molecular complexity index is 675. The van der Waals surface area contributed by atoms with Crippen LogP contribution in [-0.2, 0) is 11.0 Å². The van der Waals surface area contributed by atoms with Crippen molar-refractivity contribution < 1.29 is 43.1 Å². The number of carboxylic acids is 1. The van der Waals surface area contributed by atoms with Crippen molar-refractivity contribution in [3.05, 3.63) is 42.0 Å². The minimum Gasteiger partial charge on any atom is -0.491 e. The number of hydrogen-bond donors (Lipinski definition) is 4. The number of aliphatic hydroxyl groups excluding tert-OH is 3. The Hall–Kier alpha value is -2.10. The van der Waals surface area contributed by atoms with Crippen LogP contribution < -0.4 is 4.74 Å². The minimum absolute atomic E-state index is 0.0315. The molecule has 0 aromatic heterocycles. The predicted molar refractivity (Wildman–Crippen MR) is 87.9 cm³/mol. The summed E-state index contributed by atoms with van der Waals surface area (Å²) < 4.78 is 43.1. The molecule has 1 aromatic rings. The molecule has 0 radical (unpaired) electrons. The van der Waals surface area contributed by atoms with Crippen LogP contribution in [0, 0.1) is 11.8 Å². The highest BCUT2D eigenvalue weighted by Gasteiger charge is 2.41. The number of halogens is 3. The van der Waals surface area contributed by atoms with E-state index in [1.807, 2.05) is 0 Å². The largest absolute Gasteiger partial charge is 0.491 e. The van der Waals surface area contributed by atoms with Crippen LogP contribution in [0.25, 0.3) is 0 Å². The number of ether oxygens (including phenoxy) is 1. The summed E-state index contributed by atoms with van der Waals surface area (Å²) in [4.78, 5) is 10.9. The summed E-state index contributed by atoms with van der Waals surface area (Å²) in [5, 5.41) is 38.6. The number of carboxylic acid groups (broad SMARTS) is 1. The van der Waals surface area contributed by atoms with Gasteiger partial charge in [0.2, 0.25) is 0 Å². The Morgan fingerprint density at radius 3 is 2.63 bits per heavy atom. The normalized spacial score (nSPS) is 27.0. The number of aliphatic hydroxyl groups is 3. The Kier molecular flexibility index (Phi) is 6.85. The molecule has 150 valence electrons. The van der Waals surface area contributed by atoms with Crippen LogP contribution in [0.1, 0.15) is 18.4 Å². The Morgan fingerprint density at radius 1 is 1.30 bits per heavy atom. The molecule has 1 aliphatic carbocycles. The Balaban J connectivity index is 1.94. The average molecular weight is 390 g/mol. The van der Waals surface area contributed by atoms with E-state index in [1.165, 1.54) is 24.3 Å². The van der Waals surface area contributed by atoms with Crippen LogP contribution in [0.3, 0.4) is 0 Å². The van der Waals surface area contributed by atoms with Gasteiger partial charge in [-0.15, -0.1) is 0 Å². The fourth-order valence-electron chi connectivity index (χ4n) is 3.12. The van der Waals surface area contributed by atoms with E-state index in [0.29, 0.717) is 0 Å². The van der Waals surface area contributed by atoms with Gasteiger partial charge in [0.05, 0.1) is 24.2 Å². The molecule has 0 saturated heterocycles. The van der Waals surface area contributed by atoms with Gasteiger partial charge >= 0.3 is 12.1 Å². The highest BCUT2D eigenvalue weighted by atomic mass is 19.4. The number of benzene rings is 1. The van der Waals surface area contributed by atoms with Crippen molar-refractivity contribution in [3.8, 4) is 5.75 Å². The molecule has 5 atom stereocenters. The van der Waals surface area contributed by atoms with Gasteiger partial charge in [-0.1, -0.05) is 18.2 Å². The van der Waals surface area contributed by atoms with Gasteiger partial charge in [0.25, 0.3) is 0 Å². The van der Waals surface area contributed by atoms with Gasteiger partial charge in [0.15, 0.2) is 0 Å². The first-order chi connectivity index (χ1) is 12.6. The van der Waals surface area contributed by atoms with Crippen molar-refractivity contribution in [1.29, 1.82) is 0 Å². The lowest BCUT2D eigenvalue weighted by atomic mass is 9.90. The molecule has 0 spiro atoms. The molecule has 1 aliphatic rings. The van der Waals surface area contributed by atoms with Crippen molar-refractivity contribution in [3.63, 3.8) is 0 Å². The molecule has 2 rings (SSSR count). The highest BCUT2D eigenvalue weighted by Crippen LogP contribution is 2.36. The van der Waals surface area contributed by atoms with E-state index in [9.17, 15) is 33.3 Å². The van der Waals surface area contributed by atoms with Gasteiger partial charge in [0.1, 0.15) is 18.5 Å². The summed E-state index contributed by atoms with van der Waals surface area (Å²) in [6.45, 7) is -0.327. The summed E-state index contributed by atoms with van der Waals surface area (Å²) >= 11 is 0. The van der Waals surface area contributed by atoms with Gasteiger partial charge in [-0.3, -0.25) is 4.79 Å². The maximum Gasteiger partial charge on any atom is 0.416 e. The molecule has 0 aliphatic heterocycles. The monoisotopic (exact) mass is 390 g/mol. The zero-order valence-electron chi connectivity index (χ0n) is 14.2. The minimum atomic E-state index is -4.50. The smallest absolute Gasteiger partial charge is 0.416 e. The molecule has 5 unspecified atom stereocenters. The number of carbonyl (C=O) groups is 1. The summed E-state index contributed by atoms with van der Waals surface area (Å²) in [5.74, 6) is -2.51. The third kappa shape index (κ3) is 5.95. The summed E-state index contributed by atoms with van der Waals surface area (Å²) in [7, 11) is 0. The molecule has 6 nitrogen and oxygen atoms in total. The molecule has 9 heteroatoms. The van der Waals surface area contributed by atoms with E-state index in [2.05, 4.69) is 0 Å². The fraction of sp³-hybridized carbons (Fsp3) is 0.500. The quantitative estimate of drug-likeness (QED) is 0.529. The van der Waals surface area contributed by atoms with Crippen LogP contribution in [0.15, 0.2) is 36.4 Å². The van der Waals surface area contributed by atoms with E-state index in [1.54, 1.807) is 0 Å². The third-order valence-corrected chi connectivity index (χ3v) is 4.46. The van der Waals surface area contributed by atoms with E-state index >= 15 is 0 Å². The second-order valence-electron chi connectivity index (χ2n) is 6.50. The molecule has 1 fully saturated rings. The summed E-state index contributed by atoms with van der Waals surface area (Å²) in [6.07, 6.45) is -5.22. The molecule has 27 heavy (non-hydrogen) atoms. The lowest BCUT2D eigenvalue weighted by molar-refractivity contribution is -0.139. The van der Waals surface area contributed by atoms with Gasteiger partial charge in [-0.05, 0) is 18.2 Å². The van der Waals surface area contributed by atoms with Crippen LogP contribution in [0.2, 0.25) is 0 Å². The van der Waals surface area contributed by atoms with Crippen molar-refractivity contribution >= 4 is 5.97 Å². The van der Waals surface area contributed by atoms with E-state index in [0.717, 1.165) is 12.1 Å². The Labute approximate surface area is 153 Å². The molecule has 0 amide bonds. The van der Waals surface area contributed by atoms with E-state index in [-0.39, 0.29) is 25.2 Å². The third-order valence-electron chi connectivity index (χ3n) is 4.46. The summed E-state index contributed by atoms with van der Waals surface area (Å²) in [5.41, 5.74) is -0.871. The molecule has 1 aromatic carbocycles. The average Bonchev–Trinajstić information content (AvgIpc) is 2.83. The topological polar surface area (TPSA) is 107 Å². The summed E-state index contributed by atoms with van der Waals surface area (Å²) in [6, 6.07) is 4.23. The standard InChI is InChI=1S/C18H21F3O6/c19-18(20,21)10-2-1-3-12(6-10)27-9-11(22)4-5-13-14(7-17(25)26)16(24)8-15(13)23/h1-6,11,13-16,22-24H,7-9H2,(H,25,26). The number of alkyl halides is 3. The maximum atomic E-state index is 12.7. The first-order valence-corrected chi connectivity index (χ1v) is 8.32. The molecular weight excluding hydrogens is 369 g/mol. The van der Waals surface area contributed by atoms with Gasteiger partial charge in [-0.2, -0.15) is 13.2 Å². The van der Waals surface area contributed by atoms with Crippen LogP contribution >= 0.6 is 0 Å². The van der Waals surface area contributed by atoms with Crippen molar-refractivity contribution in [1.82, 2.24) is 0 Å². The first kappa shape index (κ1) is 21.2. The highest BCUT2D eigenvalue weighted by molar-refractivity contribution is 5.67. The second-order valence-corrected chi connectivity index (χ2v) is 6.50. The van der Waals surface area contributed by atoms with Crippen LogP contribution in [0.5, 0.6) is 5.75 Å². The van der Waals surface area contributed by atoms with Crippen molar-refractivity contribution in [2.45, 2.75) is 37.3 Å². The molecule has 1 saturated carbocycles. The number of aliphatic carboxylic acids is 1. The second kappa shape index (κ2) is 8.73. The zero-order chi connectivity index (χ0) is 20.2. The SMILES string of the molecule is O=C(O)CC1C(O)CC(O)C1C=CC(O)COc1cccc(C(F)(F)F)c1. The maximum absolute atomic E-state index is 12.7. The molecular formula is C18H21F3O6. The van der Waals surface area contributed by atoms with E-state index < -0.39 is 47.9 Å². The van der Waals surface area contributed by atoms with Crippen LogP contribution in [0.4, 0.5) is 13.2 Å². The van der Waals surface area contributed by atoms with Gasteiger partial charge < -0.3 is 25.2 Å². The number of hydrogen-bond acceptors (Lipinski definition) is 5. The fourth-order valence-corrected chi connectivity index (χ4v) is 3.12. The molecule has 0 bridgehead atoms. The first-order valence-electron chi connectivity index (χ1n) is 8.32. The Morgan fingerprint density at radius 2 is 2.00 bits per heavy atom. The predicted octanol–water partition coefficient (Wildman–Crippen LogP) is 1.83. The van der Waals surface area contributed by atoms with Crippen LogP contribution in [-0.4, -0.2) is 51.3 Å². The lowest BCUT2D eigenvalue weighted by Gasteiger charge is -2.19.